The largest absolute Gasteiger partial charge is 0.462 e. The van der Waals surface area contributed by atoms with Gasteiger partial charge in [-0.25, -0.2) is 14.4 Å². The second kappa shape index (κ2) is 9.33. The molecular weight excluding hydrogens is 288 g/mol. The van der Waals surface area contributed by atoms with Crippen LogP contribution in [0.5, 0.6) is 0 Å². The van der Waals surface area contributed by atoms with Gasteiger partial charge >= 0.3 is 17.9 Å². The van der Waals surface area contributed by atoms with Crippen molar-refractivity contribution in [1.82, 2.24) is 0 Å². The summed E-state index contributed by atoms with van der Waals surface area (Å²) in [5, 5.41) is 0. The molecule has 0 heterocycles. The van der Waals surface area contributed by atoms with Crippen LogP contribution in [0.15, 0.2) is 48.5 Å². The fourth-order valence-electron chi connectivity index (χ4n) is 0.928. The molecule has 120 valence electrons. The fraction of sp³-hybridized carbons (Fsp3) is 0.312. The van der Waals surface area contributed by atoms with Crippen LogP contribution in [-0.4, -0.2) is 24.5 Å². The Morgan fingerprint density at radius 1 is 0.864 bits per heavy atom. The molecule has 0 spiro atoms. The third-order valence-electron chi connectivity index (χ3n) is 2.15. The van der Waals surface area contributed by atoms with Crippen molar-refractivity contribution < 1.29 is 28.6 Å². The maximum absolute atomic E-state index is 11.5. The molecule has 0 aromatic carbocycles. The zero-order valence-electron chi connectivity index (χ0n) is 13.1. The maximum Gasteiger partial charge on any atom is 0.338 e. The number of esters is 3. The van der Waals surface area contributed by atoms with E-state index in [4.69, 9.17) is 14.2 Å². The van der Waals surface area contributed by atoms with Gasteiger partial charge in [-0.15, -0.1) is 0 Å². The minimum atomic E-state index is -0.677. The summed E-state index contributed by atoms with van der Waals surface area (Å²) >= 11 is 0. The lowest BCUT2D eigenvalue weighted by Gasteiger charge is -2.09. The molecule has 0 saturated heterocycles. The van der Waals surface area contributed by atoms with Crippen molar-refractivity contribution in [3.8, 4) is 0 Å². The van der Waals surface area contributed by atoms with Crippen molar-refractivity contribution in [3.63, 3.8) is 0 Å². The van der Waals surface area contributed by atoms with E-state index >= 15 is 0 Å². The van der Waals surface area contributed by atoms with Gasteiger partial charge in [0.2, 0.25) is 0 Å². The Hall–Kier alpha value is -2.63. The van der Waals surface area contributed by atoms with Crippen molar-refractivity contribution in [2.24, 2.45) is 0 Å². The quantitative estimate of drug-likeness (QED) is 0.297. The second-order valence-corrected chi connectivity index (χ2v) is 4.61. The number of hydrogen-bond acceptors (Lipinski definition) is 6. The molecule has 0 radical (unpaired) electrons. The van der Waals surface area contributed by atoms with Crippen LogP contribution in [0.3, 0.4) is 0 Å². The monoisotopic (exact) mass is 308 g/mol. The molecule has 0 aliphatic carbocycles. The molecule has 0 N–H and O–H groups in total. The molecule has 6 nitrogen and oxygen atoms in total. The van der Waals surface area contributed by atoms with Gasteiger partial charge in [0.05, 0.1) is 6.61 Å². The average molecular weight is 308 g/mol. The molecule has 0 bridgehead atoms. The van der Waals surface area contributed by atoms with Crippen LogP contribution in [0.1, 0.15) is 27.2 Å². The highest BCUT2D eigenvalue weighted by Crippen LogP contribution is 2.09. The summed E-state index contributed by atoms with van der Waals surface area (Å²) < 4.78 is 14.7. The number of rotatable bonds is 8. The first kappa shape index (κ1) is 19.4. The van der Waals surface area contributed by atoms with Crippen LogP contribution < -0.4 is 0 Å². The van der Waals surface area contributed by atoms with Crippen LogP contribution in [0, 0.1) is 0 Å². The fourth-order valence-corrected chi connectivity index (χ4v) is 0.928. The Morgan fingerprint density at radius 3 is 1.82 bits per heavy atom. The summed E-state index contributed by atoms with van der Waals surface area (Å²) in [6.07, 6.45) is 1.02. The summed E-state index contributed by atoms with van der Waals surface area (Å²) in [7, 11) is 0. The predicted octanol–water partition coefficient (Wildman–Crippen LogP) is 2.58. The molecule has 22 heavy (non-hydrogen) atoms. The lowest BCUT2D eigenvalue weighted by atomic mass is 10.3. The standard InChI is InChI=1S/C16H20O6/c1-10(2)14(17)20-8-7-13(22-16(19)12(5)6)9-21-15(18)11(3)4/h9H,1,3,5,7-8H2,2,4,6H3. The Balaban J connectivity index is 4.75. The molecule has 0 fully saturated rings. The normalized spacial score (nSPS) is 10.4. The zero-order valence-corrected chi connectivity index (χ0v) is 13.1. The molecule has 0 atom stereocenters. The van der Waals surface area contributed by atoms with Crippen molar-refractivity contribution in [1.29, 1.82) is 0 Å². The number of hydrogen-bond donors (Lipinski definition) is 0. The molecular formula is C16H20O6. The van der Waals surface area contributed by atoms with Crippen LogP contribution in [0.2, 0.25) is 0 Å². The first-order chi connectivity index (χ1) is 10.1. The van der Waals surface area contributed by atoms with E-state index in [1.807, 2.05) is 0 Å². The van der Waals surface area contributed by atoms with Gasteiger partial charge in [-0.3, -0.25) is 0 Å². The minimum absolute atomic E-state index is 0.0251. The molecule has 6 heteroatoms. The van der Waals surface area contributed by atoms with Crippen LogP contribution in [-0.2, 0) is 28.6 Å². The van der Waals surface area contributed by atoms with E-state index in [0.717, 1.165) is 6.26 Å². The lowest BCUT2D eigenvalue weighted by Crippen LogP contribution is -2.11. The minimum Gasteiger partial charge on any atom is -0.462 e. The first-order valence-corrected chi connectivity index (χ1v) is 6.41. The topological polar surface area (TPSA) is 78.9 Å². The summed E-state index contributed by atoms with van der Waals surface area (Å²) in [4.78, 5) is 34.1. The maximum atomic E-state index is 11.5. The number of carbonyl (C=O) groups is 3. The highest BCUT2D eigenvalue weighted by Gasteiger charge is 2.12. The van der Waals surface area contributed by atoms with E-state index in [9.17, 15) is 14.4 Å². The van der Waals surface area contributed by atoms with Crippen molar-refractivity contribution in [3.05, 3.63) is 48.5 Å². The van der Waals surface area contributed by atoms with E-state index in [1.54, 1.807) is 0 Å². The summed E-state index contributed by atoms with van der Waals surface area (Å²) in [5.41, 5.74) is 0.616. The number of ether oxygens (including phenoxy) is 3. The molecule has 0 aliphatic rings. The molecule has 0 aromatic heterocycles. The van der Waals surface area contributed by atoms with E-state index in [2.05, 4.69) is 19.7 Å². The second-order valence-electron chi connectivity index (χ2n) is 4.61. The third-order valence-corrected chi connectivity index (χ3v) is 2.15. The van der Waals surface area contributed by atoms with Crippen molar-refractivity contribution in [2.75, 3.05) is 6.61 Å². The Bertz CT molecular complexity index is 539. The highest BCUT2D eigenvalue weighted by molar-refractivity contribution is 5.88. The molecule has 0 aliphatic heterocycles. The zero-order chi connectivity index (χ0) is 17.3. The van der Waals surface area contributed by atoms with E-state index in [1.165, 1.54) is 20.8 Å². The first-order valence-electron chi connectivity index (χ1n) is 6.41. The van der Waals surface area contributed by atoms with Gasteiger partial charge in [-0.2, -0.15) is 0 Å². The van der Waals surface area contributed by atoms with Crippen LogP contribution in [0.4, 0.5) is 0 Å². The van der Waals surface area contributed by atoms with Gasteiger partial charge in [0.15, 0.2) is 0 Å². The van der Waals surface area contributed by atoms with Gasteiger partial charge in [0.25, 0.3) is 0 Å². The number of carbonyl (C=O) groups excluding carboxylic acids is 3. The summed E-state index contributed by atoms with van der Waals surface area (Å²) in [6, 6.07) is 0. The molecule has 0 rings (SSSR count). The predicted molar refractivity (Wildman–Crippen MR) is 80.3 cm³/mol. The Labute approximate surface area is 129 Å². The lowest BCUT2D eigenvalue weighted by molar-refractivity contribution is -0.140. The van der Waals surface area contributed by atoms with Crippen LogP contribution >= 0.6 is 0 Å². The van der Waals surface area contributed by atoms with Gasteiger partial charge < -0.3 is 14.2 Å². The van der Waals surface area contributed by atoms with Gasteiger partial charge in [-0.05, 0) is 20.8 Å². The van der Waals surface area contributed by atoms with Crippen LogP contribution in [0.25, 0.3) is 0 Å². The molecule has 0 aromatic rings. The summed E-state index contributed by atoms with van der Waals surface area (Å²) in [5.74, 6) is -1.88. The third kappa shape index (κ3) is 7.84. The van der Waals surface area contributed by atoms with E-state index in [-0.39, 0.29) is 35.5 Å². The molecule has 0 saturated carbocycles. The van der Waals surface area contributed by atoms with Gasteiger partial charge in [-0.1, -0.05) is 19.7 Å². The molecule has 0 unspecified atom stereocenters. The Kier molecular flexibility index (Phi) is 8.22. The molecule has 0 amide bonds. The van der Waals surface area contributed by atoms with Gasteiger partial charge in [0, 0.05) is 23.1 Å². The van der Waals surface area contributed by atoms with E-state index in [0.29, 0.717) is 0 Å². The SMILES string of the molecule is C=C(C)C(=O)OC=C(CCOC(=O)C(=C)C)OC(=O)C(=C)C. The smallest absolute Gasteiger partial charge is 0.338 e. The van der Waals surface area contributed by atoms with Gasteiger partial charge in [0.1, 0.15) is 12.0 Å². The Morgan fingerprint density at radius 2 is 1.36 bits per heavy atom. The van der Waals surface area contributed by atoms with Crippen molar-refractivity contribution >= 4 is 17.9 Å². The highest BCUT2D eigenvalue weighted by atomic mass is 16.6. The van der Waals surface area contributed by atoms with E-state index < -0.39 is 17.9 Å². The van der Waals surface area contributed by atoms with Crippen molar-refractivity contribution in [2.45, 2.75) is 27.2 Å². The summed E-state index contributed by atoms with van der Waals surface area (Å²) in [6.45, 7) is 14.7. The average Bonchev–Trinajstić information content (AvgIpc) is 2.43.